The van der Waals surface area contributed by atoms with Crippen molar-refractivity contribution in [2.45, 2.75) is 91.0 Å². The van der Waals surface area contributed by atoms with Gasteiger partial charge in [0.25, 0.3) is 11.5 Å². The normalized spacial score (nSPS) is 16.9. The SMILES string of the molecule is CCOC(=O)c1sc(NC(=O)c2cc3c(n(CC4CCCCC4)c2=O)CCCCCC3)nc1C. The van der Waals surface area contributed by atoms with E-state index in [4.69, 9.17) is 4.74 Å². The molecule has 7 nitrogen and oxygen atoms in total. The van der Waals surface area contributed by atoms with Crippen LogP contribution in [0.4, 0.5) is 5.13 Å². The number of nitrogens with zero attached hydrogens (tertiary/aromatic N) is 2. The first-order chi connectivity index (χ1) is 16.5. The van der Waals surface area contributed by atoms with Gasteiger partial charge in [0, 0.05) is 12.2 Å². The molecule has 2 aliphatic rings. The number of aromatic nitrogens is 2. The maximum atomic E-state index is 13.6. The average Bonchev–Trinajstić information content (AvgIpc) is 3.17. The Hall–Kier alpha value is -2.48. The zero-order chi connectivity index (χ0) is 24.1. The molecule has 34 heavy (non-hydrogen) atoms. The molecule has 0 spiro atoms. The number of pyridine rings is 1. The average molecular weight is 486 g/mol. The summed E-state index contributed by atoms with van der Waals surface area (Å²) in [7, 11) is 0. The largest absolute Gasteiger partial charge is 0.462 e. The Bertz CT molecular complexity index is 1100. The van der Waals surface area contributed by atoms with Crippen molar-refractivity contribution in [1.29, 1.82) is 0 Å². The van der Waals surface area contributed by atoms with Crippen LogP contribution in [-0.2, 0) is 24.1 Å². The molecular formula is C26H35N3O4S. The van der Waals surface area contributed by atoms with E-state index in [0.717, 1.165) is 61.1 Å². The summed E-state index contributed by atoms with van der Waals surface area (Å²) in [6.07, 6.45) is 12.3. The standard InChI is InChI=1S/C26H35N3O4S/c1-3-33-25(32)22-17(2)27-26(34-22)28-23(30)20-15-19-13-9-4-5-10-14-21(19)29(24(20)31)16-18-11-7-6-8-12-18/h15,18H,3-14,16H2,1-2H3,(H,27,28,30). The van der Waals surface area contributed by atoms with E-state index >= 15 is 0 Å². The first-order valence-corrected chi connectivity index (χ1v) is 13.5. The molecule has 4 rings (SSSR count). The van der Waals surface area contributed by atoms with Crippen LogP contribution in [0.5, 0.6) is 0 Å². The van der Waals surface area contributed by atoms with E-state index in [9.17, 15) is 14.4 Å². The van der Waals surface area contributed by atoms with Crippen LogP contribution in [0.25, 0.3) is 0 Å². The van der Waals surface area contributed by atoms with E-state index in [1.807, 2.05) is 10.6 Å². The lowest BCUT2D eigenvalue weighted by molar-refractivity contribution is 0.0531. The molecule has 2 aromatic heterocycles. The van der Waals surface area contributed by atoms with Gasteiger partial charge < -0.3 is 9.30 Å². The lowest BCUT2D eigenvalue weighted by atomic mass is 9.88. The minimum atomic E-state index is -0.462. The van der Waals surface area contributed by atoms with Gasteiger partial charge in [-0.2, -0.15) is 0 Å². The van der Waals surface area contributed by atoms with Crippen molar-refractivity contribution in [2.75, 3.05) is 11.9 Å². The molecule has 0 aliphatic heterocycles. The van der Waals surface area contributed by atoms with E-state index in [2.05, 4.69) is 10.3 Å². The summed E-state index contributed by atoms with van der Waals surface area (Å²) in [5.74, 6) is -0.418. The summed E-state index contributed by atoms with van der Waals surface area (Å²) in [5, 5.41) is 3.07. The van der Waals surface area contributed by atoms with Crippen LogP contribution >= 0.6 is 11.3 Å². The number of carbonyl (C=O) groups excluding carboxylic acids is 2. The fraction of sp³-hybridized carbons (Fsp3) is 0.615. The first kappa shape index (κ1) is 24.6. The van der Waals surface area contributed by atoms with Gasteiger partial charge in [0.1, 0.15) is 10.4 Å². The van der Waals surface area contributed by atoms with Crippen LogP contribution in [0.2, 0.25) is 0 Å². The van der Waals surface area contributed by atoms with Gasteiger partial charge in [-0.05, 0) is 69.9 Å². The Kier molecular flexibility index (Phi) is 8.19. The third kappa shape index (κ3) is 5.59. The maximum Gasteiger partial charge on any atom is 0.350 e. The van der Waals surface area contributed by atoms with Crippen molar-refractivity contribution >= 4 is 28.3 Å². The summed E-state index contributed by atoms with van der Waals surface area (Å²) < 4.78 is 6.99. The quantitative estimate of drug-likeness (QED) is 0.562. The predicted molar refractivity (Wildman–Crippen MR) is 134 cm³/mol. The van der Waals surface area contributed by atoms with Crippen LogP contribution in [0.3, 0.4) is 0 Å². The molecule has 2 aliphatic carbocycles. The zero-order valence-corrected chi connectivity index (χ0v) is 21.1. The Morgan fingerprint density at radius 2 is 1.82 bits per heavy atom. The van der Waals surface area contributed by atoms with Gasteiger partial charge in [0.15, 0.2) is 5.13 Å². The van der Waals surface area contributed by atoms with Crippen molar-refractivity contribution in [3.05, 3.63) is 43.8 Å². The highest BCUT2D eigenvalue weighted by molar-refractivity contribution is 7.17. The second kappa shape index (κ2) is 11.3. The number of carbonyl (C=O) groups is 2. The number of thiazole rings is 1. The zero-order valence-electron chi connectivity index (χ0n) is 20.3. The molecule has 0 radical (unpaired) electrons. The van der Waals surface area contributed by atoms with Gasteiger partial charge in [0.05, 0.1) is 12.3 Å². The van der Waals surface area contributed by atoms with Gasteiger partial charge in [-0.15, -0.1) is 0 Å². The topological polar surface area (TPSA) is 90.3 Å². The highest BCUT2D eigenvalue weighted by atomic mass is 32.1. The molecule has 1 N–H and O–H groups in total. The fourth-order valence-electron chi connectivity index (χ4n) is 5.22. The Labute approximate surface area is 204 Å². The van der Waals surface area contributed by atoms with Gasteiger partial charge >= 0.3 is 5.97 Å². The smallest absolute Gasteiger partial charge is 0.350 e. The number of fused-ring (bicyclic) bond motifs is 1. The van der Waals surface area contributed by atoms with Crippen molar-refractivity contribution in [3.8, 4) is 0 Å². The summed E-state index contributed by atoms with van der Waals surface area (Å²) >= 11 is 1.08. The number of ether oxygens (including phenoxy) is 1. The minimum absolute atomic E-state index is 0.167. The maximum absolute atomic E-state index is 13.6. The molecule has 8 heteroatoms. The molecule has 184 valence electrons. The van der Waals surface area contributed by atoms with E-state index in [-0.39, 0.29) is 17.7 Å². The number of amides is 1. The highest BCUT2D eigenvalue weighted by Gasteiger charge is 2.24. The number of anilines is 1. The van der Waals surface area contributed by atoms with E-state index in [0.29, 0.717) is 28.2 Å². The number of esters is 1. The second-order valence-electron chi connectivity index (χ2n) is 9.47. The summed E-state index contributed by atoms with van der Waals surface area (Å²) in [6.45, 7) is 4.43. The number of aryl methyl sites for hydroxylation is 2. The summed E-state index contributed by atoms with van der Waals surface area (Å²) in [4.78, 5) is 43.7. The van der Waals surface area contributed by atoms with Crippen LogP contribution < -0.4 is 10.9 Å². The lowest BCUT2D eigenvalue weighted by Gasteiger charge is -2.26. The molecule has 0 bridgehead atoms. The van der Waals surface area contributed by atoms with E-state index < -0.39 is 11.9 Å². The first-order valence-electron chi connectivity index (χ1n) is 12.7. The van der Waals surface area contributed by atoms with Crippen LogP contribution in [-0.4, -0.2) is 28.0 Å². The fourth-order valence-corrected chi connectivity index (χ4v) is 6.07. The third-order valence-electron chi connectivity index (χ3n) is 6.99. The molecule has 1 saturated carbocycles. The van der Waals surface area contributed by atoms with E-state index in [1.54, 1.807) is 13.8 Å². The molecule has 0 unspecified atom stereocenters. The molecule has 2 aromatic rings. The molecule has 1 fully saturated rings. The van der Waals surface area contributed by atoms with Gasteiger partial charge in [-0.1, -0.05) is 43.4 Å². The molecule has 0 atom stereocenters. The van der Waals surface area contributed by atoms with Crippen LogP contribution in [0.15, 0.2) is 10.9 Å². The Morgan fingerprint density at radius 1 is 1.12 bits per heavy atom. The second-order valence-corrected chi connectivity index (χ2v) is 10.5. The van der Waals surface area contributed by atoms with Crippen molar-refractivity contribution in [1.82, 2.24) is 9.55 Å². The van der Waals surface area contributed by atoms with Gasteiger partial charge in [0.2, 0.25) is 0 Å². The number of nitrogens with one attached hydrogen (secondary N) is 1. The van der Waals surface area contributed by atoms with Crippen molar-refractivity contribution in [3.63, 3.8) is 0 Å². The third-order valence-corrected chi connectivity index (χ3v) is 8.04. The number of hydrogen-bond acceptors (Lipinski definition) is 6. The summed E-state index contributed by atoms with van der Waals surface area (Å²) in [5.41, 5.74) is 2.72. The van der Waals surface area contributed by atoms with Crippen LogP contribution in [0, 0.1) is 12.8 Å². The van der Waals surface area contributed by atoms with Gasteiger partial charge in [-0.3, -0.25) is 14.9 Å². The Morgan fingerprint density at radius 3 is 2.56 bits per heavy atom. The van der Waals surface area contributed by atoms with Gasteiger partial charge in [-0.25, -0.2) is 9.78 Å². The number of hydrogen-bond donors (Lipinski definition) is 1. The molecule has 0 saturated heterocycles. The Balaban J connectivity index is 1.65. The molecule has 0 aromatic carbocycles. The molecular weight excluding hydrogens is 450 g/mol. The molecule has 2 heterocycles. The molecule has 1 amide bonds. The van der Waals surface area contributed by atoms with Crippen LogP contribution in [0.1, 0.15) is 102 Å². The lowest BCUT2D eigenvalue weighted by Crippen LogP contribution is -2.35. The minimum Gasteiger partial charge on any atom is -0.462 e. The van der Waals surface area contributed by atoms with E-state index in [1.165, 1.54) is 32.1 Å². The number of rotatable bonds is 6. The summed E-state index contributed by atoms with van der Waals surface area (Å²) in [6, 6.07) is 1.81. The monoisotopic (exact) mass is 485 g/mol. The highest BCUT2D eigenvalue weighted by Crippen LogP contribution is 2.28. The van der Waals surface area contributed by atoms with Crippen molar-refractivity contribution in [2.24, 2.45) is 5.92 Å². The predicted octanol–water partition coefficient (Wildman–Crippen LogP) is 5.28. The van der Waals surface area contributed by atoms with Crippen molar-refractivity contribution < 1.29 is 14.3 Å².